The summed E-state index contributed by atoms with van der Waals surface area (Å²) in [5.41, 5.74) is 0.411. The first-order chi connectivity index (χ1) is 14.2. The van der Waals surface area contributed by atoms with Crippen LogP contribution in [0, 0.1) is 5.92 Å². The van der Waals surface area contributed by atoms with Gasteiger partial charge in [-0.25, -0.2) is 14.3 Å². The zero-order chi connectivity index (χ0) is 21.7. The molecule has 30 heavy (non-hydrogen) atoms. The summed E-state index contributed by atoms with van der Waals surface area (Å²) in [7, 11) is 1.74. The monoisotopic (exact) mass is 413 g/mol. The minimum Gasteiger partial charge on any atom is -0.444 e. The maximum absolute atomic E-state index is 12.7. The van der Waals surface area contributed by atoms with Crippen LogP contribution >= 0.6 is 0 Å². The zero-order valence-corrected chi connectivity index (χ0v) is 18.2. The summed E-state index contributed by atoms with van der Waals surface area (Å²) in [6.07, 6.45) is 3.35. The van der Waals surface area contributed by atoms with Crippen molar-refractivity contribution in [2.45, 2.75) is 39.2 Å². The summed E-state index contributed by atoms with van der Waals surface area (Å²) in [4.78, 5) is 28.3. The number of para-hydroxylation sites is 1. The molecule has 1 N–H and O–H groups in total. The van der Waals surface area contributed by atoms with E-state index < -0.39 is 5.60 Å². The van der Waals surface area contributed by atoms with Crippen LogP contribution in [0.1, 0.15) is 33.6 Å². The number of urea groups is 1. The summed E-state index contributed by atoms with van der Waals surface area (Å²) in [5.74, 6) is 0.723. The molecule has 1 fully saturated rings. The minimum atomic E-state index is -0.521. The van der Waals surface area contributed by atoms with Gasteiger partial charge in [0.05, 0.1) is 5.69 Å². The van der Waals surface area contributed by atoms with Gasteiger partial charge >= 0.3 is 12.1 Å². The van der Waals surface area contributed by atoms with Gasteiger partial charge in [-0.2, -0.15) is 0 Å². The van der Waals surface area contributed by atoms with Crippen molar-refractivity contribution in [3.63, 3.8) is 0 Å². The van der Waals surface area contributed by atoms with Crippen molar-refractivity contribution in [3.8, 4) is 5.69 Å². The second kappa shape index (κ2) is 9.19. The first-order valence-electron chi connectivity index (χ1n) is 10.3. The Kier molecular flexibility index (Phi) is 6.64. The second-order valence-corrected chi connectivity index (χ2v) is 8.73. The zero-order valence-electron chi connectivity index (χ0n) is 18.2. The first-order valence-corrected chi connectivity index (χ1v) is 10.3. The van der Waals surface area contributed by atoms with Crippen LogP contribution in [0.15, 0.2) is 42.6 Å². The normalized spacial score (nSPS) is 16.8. The molecule has 1 unspecified atom stereocenters. The van der Waals surface area contributed by atoms with Gasteiger partial charge in [0.15, 0.2) is 5.82 Å². The van der Waals surface area contributed by atoms with E-state index >= 15 is 0 Å². The summed E-state index contributed by atoms with van der Waals surface area (Å²) < 4.78 is 7.14. The number of anilines is 1. The number of nitrogens with zero attached hydrogens (tertiary/aromatic N) is 4. The van der Waals surface area contributed by atoms with Crippen molar-refractivity contribution in [1.29, 1.82) is 0 Å². The molecular formula is C22H31N5O3. The standard InChI is InChI=1S/C22H31N5O3/c1-22(2,3)30-21(29)25(4)15-17-9-8-13-26(16-17)20(28)23-19-12-14-27(24-19)18-10-6-5-7-11-18/h5-7,10-12,14,17H,8-9,13,15-16H2,1-4H3,(H,23,24,28). The molecule has 1 atom stereocenters. The fraction of sp³-hybridized carbons (Fsp3) is 0.500. The van der Waals surface area contributed by atoms with E-state index in [4.69, 9.17) is 4.74 Å². The van der Waals surface area contributed by atoms with Gasteiger partial charge in [0.1, 0.15) is 5.60 Å². The number of piperidine rings is 1. The second-order valence-electron chi connectivity index (χ2n) is 8.73. The van der Waals surface area contributed by atoms with E-state index in [2.05, 4.69) is 10.4 Å². The Bertz CT molecular complexity index is 859. The van der Waals surface area contributed by atoms with Gasteiger partial charge in [0.2, 0.25) is 0 Å². The highest BCUT2D eigenvalue weighted by Gasteiger charge is 2.27. The summed E-state index contributed by atoms with van der Waals surface area (Å²) in [6.45, 7) is 7.40. The fourth-order valence-electron chi connectivity index (χ4n) is 3.50. The molecule has 1 aliphatic rings. The Morgan fingerprint density at radius 1 is 1.23 bits per heavy atom. The largest absolute Gasteiger partial charge is 0.444 e. The molecule has 1 aromatic heterocycles. The lowest BCUT2D eigenvalue weighted by atomic mass is 9.98. The Labute approximate surface area is 177 Å². The van der Waals surface area contributed by atoms with E-state index in [-0.39, 0.29) is 18.0 Å². The molecule has 1 aliphatic heterocycles. The van der Waals surface area contributed by atoms with Gasteiger partial charge in [-0.3, -0.25) is 5.32 Å². The Morgan fingerprint density at radius 3 is 2.67 bits per heavy atom. The number of aromatic nitrogens is 2. The SMILES string of the molecule is CN(CC1CCCN(C(=O)Nc2ccn(-c3ccccc3)n2)C1)C(=O)OC(C)(C)C. The van der Waals surface area contributed by atoms with Crippen LogP contribution in [-0.2, 0) is 4.74 Å². The van der Waals surface area contributed by atoms with E-state index in [1.807, 2.05) is 57.3 Å². The molecule has 3 rings (SSSR count). The van der Waals surface area contributed by atoms with Crippen LogP contribution in [0.25, 0.3) is 5.69 Å². The molecule has 2 aromatic rings. The van der Waals surface area contributed by atoms with Gasteiger partial charge in [0.25, 0.3) is 0 Å². The number of benzene rings is 1. The lowest BCUT2D eigenvalue weighted by Gasteiger charge is -2.35. The van der Waals surface area contributed by atoms with Crippen LogP contribution in [0.3, 0.4) is 0 Å². The highest BCUT2D eigenvalue weighted by Crippen LogP contribution is 2.20. The highest BCUT2D eigenvalue weighted by molar-refractivity contribution is 5.88. The number of likely N-dealkylation sites (tertiary alicyclic amines) is 1. The lowest BCUT2D eigenvalue weighted by molar-refractivity contribution is 0.0253. The number of ether oxygens (including phenoxy) is 1. The topological polar surface area (TPSA) is 79.7 Å². The third kappa shape index (κ3) is 5.98. The fourth-order valence-corrected chi connectivity index (χ4v) is 3.50. The molecule has 8 heteroatoms. The molecule has 0 aliphatic carbocycles. The number of hydrogen-bond donors (Lipinski definition) is 1. The maximum Gasteiger partial charge on any atom is 0.410 e. The van der Waals surface area contributed by atoms with E-state index in [1.54, 1.807) is 27.6 Å². The van der Waals surface area contributed by atoms with Gasteiger partial charge in [0, 0.05) is 38.9 Å². The van der Waals surface area contributed by atoms with Crippen molar-refractivity contribution in [3.05, 3.63) is 42.6 Å². The Morgan fingerprint density at radius 2 is 1.97 bits per heavy atom. The molecule has 2 heterocycles. The number of hydrogen-bond acceptors (Lipinski definition) is 4. The van der Waals surface area contributed by atoms with Crippen LogP contribution in [-0.4, -0.2) is 64.0 Å². The third-order valence-electron chi connectivity index (χ3n) is 4.89. The van der Waals surface area contributed by atoms with Gasteiger partial charge in [-0.1, -0.05) is 18.2 Å². The van der Waals surface area contributed by atoms with Crippen molar-refractivity contribution in [1.82, 2.24) is 19.6 Å². The average Bonchev–Trinajstić information content (AvgIpc) is 3.16. The van der Waals surface area contributed by atoms with Crippen LogP contribution in [0.2, 0.25) is 0 Å². The van der Waals surface area contributed by atoms with E-state index in [0.717, 1.165) is 18.5 Å². The van der Waals surface area contributed by atoms with Crippen LogP contribution in [0.4, 0.5) is 15.4 Å². The number of amides is 3. The molecule has 0 saturated carbocycles. The molecule has 0 radical (unpaired) electrons. The van der Waals surface area contributed by atoms with Crippen molar-refractivity contribution < 1.29 is 14.3 Å². The molecule has 162 valence electrons. The molecular weight excluding hydrogens is 382 g/mol. The van der Waals surface area contributed by atoms with E-state index in [0.29, 0.717) is 25.5 Å². The average molecular weight is 414 g/mol. The van der Waals surface area contributed by atoms with Gasteiger partial charge < -0.3 is 14.5 Å². The first kappa shape index (κ1) is 21.7. The smallest absolute Gasteiger partial charge is 0.410 e. The Balaban J connectivity index is 1.53. The Hall–Kier alpha value is -3.03. The maximum atomic E-state index is 12.7. The molecule has 8 nitrogen and oxygen atoms in total. The van der Waals surface area contributed by atoms with Crippen molar-refractivity contribution in [2.75, 3.05) is 32.0 Å². The number of carbonyl (C=O) groups is 2. The predicted molar refractivity (Wildman–Crippen MR) is 116 cm³/mol. The molecule has 3 amide bonds. The van der Waals surface area contributed by atoms with Gasteiger partial charge in [-0.05, 0) is 51.7 Å². The number of rotatable bonds is 4. The summed E-state index contributed by atoms with van der Waals surface area (Å²) >= 11 is 0. The van der Waals surface area contributed by atoms with E-state index in [1.165, 1.54) is 0 Å². The van der Waals surface area contributed by atoms with Crippen molar-refractivity contribution >= 4 is 17.9 Å². The predicted octanol–water partition coefficient (Wildman–Crippen LogP) is 3.98. The third-order valence-corrected chi connectivity index (χ3v) is 4.89. The van der Waals surface area contributed by atoms with Crippen molar-refractivity contribution in [2.24, 2.45) is 5.92 Å². The van der Waals surface area contributed by atoms with Crippen LogP contribution < -0.4 is 5.32 Å². The minimum absolute atomic E-state index is 0.169. The summed E-state index contributed by atoms with van der Waals surface area (Å²) in [6, 6.07) is 11.3. The molecule has 1 aromatic carbocycles. The number of nitrogens with one attached hydrogen (secondary N) is 1. The van der Waals surface area contributed by atoms with Crippen LogP contribution in [0.5, 0.6) is 0 Å². The quantitative estimate of drug-likeness (QED) is 0.822. The van der Waals surface area contributed by atoms with Gasteiger partial charge in [-0.15, -0.1) is 5.10 Å². The lowest BCUT2D eigenvalue weighted by Crippen LogP contribution is -2.46. The highest BCUT2D eigenvalue weighted by atomic mass is 16.6. The van der Waals surface area contributed by atoms with E-state index in [9.17, 15) is 9.59 Å². The molecule has 0 spiro atoms. The molecule has 0 bridgehead atoms. The summed E-state index contributed by atoms with van der Waals surface area (Å²) in [5, 5.41) is 7.31. The molecule has 1 saturated heterocycles. The number of carbonyl (C=O) groups excluding carboxylic acids is 2.